The van der Waals surface area contributed by atoms with Crippen LogP contribution in [0, 0.1) is 0 Å². The van der Waals surface area contributed by atoms with Crippen LogP contribution in [0.1, 0.15) is 39.9 Å². The summed E-state index contributed by atoms with van der Waals surface area (Å²) in [5, 5.41) is 23.0. The van der Waals surface area contributed by atoms with Gasteiger partial charge in [-0.3, -0.25) is 19.2 Å². The lowest BCUT2D eigenvalue weighted by Gasteiger charge is -2.37. The van der Waals surface area contributed by atoms with Crippen molar-refractivity contribution >= 4 is 41.1 Å². The van der Waals surface area contributed by atoms with Crippen LogP contribution in [0.4, 0.5) is 11.4 Å². The molecule has 3 aromatic rings. The monoisotopic (exact) mass is 560 g/mol. The van der Waals surface area contributed by atoms with Crippen molar-refractivity contribution in [3.05, 3.63) is 82.9 Å². The molecule has 2 amide bonds. The standard InChI is InChI=1S/C28H24N4O9/c29-19(11-23(33)34)25(37)31-13-5-7-17-21(9-13)40-22-10-14(32-26(38)20(30)12-24(35)36)6-8-18(22)28(17)16-4-2-1-3-15(16)27(39)41-28/h1-10,19-20H,11-12,29-30H2,(H,31,37)(H,32,38)(H,33,34)(H,35,36). The maximum absolute atomic E-state index is 13.0. The van der Waals surface area contributed by atoms with E-state index in [9.17, 15) is 24.0 Å². The second kappa shape index (κ2) is 10.4. The third-order valence-electron chi connectivity index (χ3n) is 6.71. The molecule has 8 N–H and O–H groups in total. The smallest absolute Gasteiger partial charge is 0.340 e. The van der Waals surface area contributed by atoms with Gasteiger partial charge in [0.1, 0.15) is 11.5 Å². The maximum Gasteiger partial charge on any atom is 0.340 e. The van der Waals surface area contributed by atoms with Crippen LogP contribution in [0.5, 0.6) is 11.5 Å². The van der Waals surface area contributed by atoms with E-state index in [4.69, 9.17) is 31.2 Å². The van der Waals surface area contributed by atoms with E-state index in [2.05, 4.69) is 10.6 Å². The molecule has 210 valence electrons. The number of nitrogens with two attached hydrogens (primary N) is 2. The minimum absolute atomic E-state index is 0.206. The average molecular weight is 561 g/mol. The van der Waals surface area contributed by atoms with E-state index in [0.29, 0.717) is 22.3 Å². The highest BCUT2D eigenvalue weighted by molar-refractivity contribution is 5.99. The molecule has 0 saturated carbocycles. The number of hydrogen-bond acceptors (Lipinski definition) is 9. The lowest BCUT2D eigenvalue weighted by Crippen LogP contribution is -2.37. The third-order valence-corrected chi connectivity index (χ3v) is 6.71. The molecule has 2 unspecified atom stereocenters. The molecule has 2 aliphatic rings. The Hall–Kier alpha value is -5.27. The first kappa shape index (κ1) is 27.3. The summed E-state index contributed by atoms with van der Waals surface area (Å²) in [4.78, 5) is 59.8. The molecule has 5 rings (SSSR count). The number of ether oxygens (including phenoxy) is 2. The summed E-state index contributed by atoms with van der Waals surface area (Å²) in [6.45, 7) is 0. The van der Waals surface area contributed by atoms with Crippen LogP contribution < -0.4 is 26.8 Å². The number of amides is 2. The van der Waals surface area contributed by atoms with Crippen LogP contribution in [0.15, 0.2) is 60.7 Å². The van der Waals surface area contributed by atoms with Crippen LogP contribution >= 0.6 is 0 Å². The van der Waals surface area contributed by atoms with E-state index in [-0.39, 0.29) is 22.9 Å². The highest BCUT2D eigenvalue weighted by atomic mass is 16.6. The fourth-order valence-electron chi connectivity index (χ4n) is 4.86. The van der Waals surface area contributed by atoms with E-state index in [1.54, 1.807) is 48.5 Å². The number of esters is 1. The molecule has 0 radical (unpaired) electrons. The molecular formula is C28H24N4O9. The number of carbonyl (C=O) groups is 5. The van der Waals surface area contributed by atoms with Gasteiger partial charge in [0.15, 0.2) is 5.60 Å². The zero-order valence-corrected chi connectivity index (χ0v) is 21.2. The summed E-state index contributed by atoms with van der Waals surface area (Å²) < 4.78 is 12.2. The normalized spacial score (nSPS) is 17.7. The van der Waals surface area contributed by atoms with Gasteiger partial charge in [0.25, 0.3) is 0 Å². The third kappa shape index (κ3) is 4.95. The molecule has 13 heteroatoms. The molecule has 2 atom stereocenters. The van der Waals surface area contributed by atoms with Crippen LogP contribution in [0.25, 0.3) is 0 Å². The summed E-state index contributed by atoms with van der Waals surface area (Å²) in [5.74, 6) is -4.05. The Bertz CT molecular complexity index is 1530. The van der Waals surface area contributed by atoms with Crippen molar-refractivity contribution in [2.24, 2.45) is 11.5 Å². The van der Waals surface area contributed by atoms with Crippen LogP contribution in [0.2, 0.25) is 0 Å². The molecule has 0 aliphatic carbocycles. The average Bonchev–Trinajstić information content (AvgIpc) is 3.20. The van der Waals surface area contributed by atoms with Gasteiger partial charge in [0.05, 0.1) is 30.5 Å². The number of nitrogens with one attached hydrogen (secondary N) is 2. The van der Waals surface area contributed by atoms with Crippen LogP contribution in [0.3, 0.4) is 0 Å². The van der Waals surface area contributed by atoms with Gasteiger partial charge in [-0.2, -0.15) is 0 Å². The van der Waals surface area contributed by atoms with Gasteiger partial charge in [-0.25, -0.2) is 4.79 Å². The molecule has 2 heterocycles. The lowest BCUT2D eigenvalue weighted by molar-refractivity contribution is -0.139. The highest BCUT2D eigenvalue weighted by Gasteiger charge is 2.53. The molecule has 0 saturated heterocycles. The minimum Gasteiger partial charge on any atom is -0.481 e. The van der Waals surface area contributed by atoms with Gasteiger partial charge in [-0.05, 0) is 30.3 Å². The van der Waals surface area contributed by atoms with Gasteiger partial charge >= 0.3 is 17.9 Å². The fourth-order valence-corrected chi connectivity index (χ4v) is 4.86. The van der Waals surface area contributed by atoms with Gasteiger partial charge in [-0.15, -0.1) is 0 Å². The molecule has 41 heavy (non-hydrogen) atoms. The second-order valence-electron chi connectivity index (χ2n) is 9.53. The van der Waals surface area contributed by atoms with Gasteiger partial charge < -0.3 is 41.8 Å². The molecule has 2 aliphatic heterocycles. The molecule has 3 aromatic carbocycles. The summed E-state index contributed by atoms with van der Waals surface area (Å²) in [5.41, 5.74) is 12.2. The van der Waals surface area contributed by atoms with Crippen molar-refractivity contribution in [1.82, 2.24) is 0 Å². The Kier molecular flexibility index (Phi) is 6.91. The molecule has 13 nitrogen and oxygen atoms in total. The fraction of sp³-hybridized carbons (Fsp3) is 0.179. The van der Waals surface area contributed by atoms with E-state index < -0.39 is 60.2 Å². The number of benzene rings is 3. The van der Waals surface area contributed by atoms with Crippen molar-refractivity contribution < 1.29 is 43.7 Å². The largest absolute Gasteiger partial charge is 0.481 e. The number of fused-ring (bicyclic) bond motifs is 6. The van der Waals surface area contributed by atoms with Crippen molar-refractivity contribution in [3.8, 4) is 11.5 Å². The Labute approximate surface area is 232 Å². The second-order valence-corrected chi connectivity index (χ2v) is 9.53. The van der Waals surface area contributed by atoms with Crippen molar-refractivity contribution in [3.63, 3.8) is 0 Å². The zero-order chi connectivity index (χ0) is 29.5. The summed E-state index contributed by atoms with van der Waals surface area (Å²) in [6, 6.07) is 13.6. The SMILES string of the molecule is NC(CC(=O)O)C(=O)Nc1ccc2c(c1)Oc1cc(NC(=O)C(N)CC(=O)O)ccc1C21OC(=O)c2ccccc21. The number of hydrogen-bond donors (Lipinski definition) is 6. The maximum atomic E-state index is 13.0. The van der Waals surface area contributed by atoms with Crippen LogP contribution in [-0.4, -0.2) is 52.0 Å². The van der Waals surface area contributed by atoms with Gasteiger partial charge in [0, 0.05) is 40.2 Å². The van der Waals surface area contributed by atoms with Gasteiger partial charge in [0.2, 0.25) is 11.8 Å². The summed E-state index contributed by atoms with van der Waals surface area (Å²) >= 11 is 0. The van der Waals surface area contributed by atoms with E-state index in [1.165, 1.54) is 12.1 Å². The first-order chi connectivity index (χ1) is 19.5. The molecule has 0 bridgehead atoms. The Morgan fingerprint density at radius 1 is 0.756 bits per heavy atom. The molecule has 0 aromatic heterocycles. The molecule has 1 spiro atoms. The molecule has 0 fully saturated rings. The predicted octanol–water partition coefficient (Wildman–Crippen LogP) is 1.74. The van der Waals surface area contributed by atoms with E-state index >= 15 is 0 Å². The quantitative estimate of drug-likeness (QED) is 0.218. The summed E-state index contributed by atoms with van der Waals surface area (Å²) in [7, 11) is 0. The number of carbonyl (C=O) groups excluding carboxylic acids is 3. The zero-order valence-electron chi connectivity index (χ0n) is 21.2. The van der Waals surface area contributed by atoms with Crippen molar-refractivity contribution in [1.29, 1.82) is 0 Å². The molecular weight excluding hydrogens is 536 g/mol. The number of aliphatic carboxylic acids is 2. The first-order valence-electron chi connectivity index (χ1n) is 12.4. The number of rotatable bonds is 8. The number of anilines is 2. The van der Waals surface area contributed by atoms with E-state index in [1.807, 2.05) is 0 Å². The lowest BCUT2D eigenvalue weighted by atomic mass is 9.77. The topological polar surface area (TPSA) is 220 Å². The number of carboxylic acid groups (broad SMARTS) is 2. The van der Waals surface area contributed by atoms with Gasteiger partial charge in [-0.1, -0.05) is 18.2 Å². The Morgan fingerprint density at radius 2 is 1.24 bits per heavy atom. The highest BCUT2D eigenvalue weighted by Crippen LogP contribution is 2.56. The predicted molar refractivity (Wildman–Crippen MR) is 142 cm³/mol. The number of carboxylic acids is 2. The minimum atomic E-state index is -1.43. The Morgan fingerprint density at radius 3 is 1.73 bits per heavy atom. The van der Waals surface area contributed by atoms with Crippen molar-refractivity contribution in [2.45, 2.75) is 30.5 Å². The summed E-state index contributed by atoms with van der Waals surface area (Å²) in [6.07, 6.45) is -1.14. The van der Waals surface area contributed by atoms with E-state index in [0.717, 1.165) is 0 Å². The van der Waals surface area contributed by atoms with Crippen molar-refractivity contribution in [2.75, 3.05) is 10.6 Å². The Balaban J connectivity index is 1.56. The first-order valence-corrected chi connectivity index (χ1v) is 12.4. The van der Waals surface area contributed by atoms with Crippen LogP contribution in [-0.2, 0) is 29.5 Å².